The molecular formula is C39H40N2. The normalized spacial score (nSPS) is 10.9. The summed E-state index contributed by atoms with van der Waals surface area (Å²) in [5, 5.41) is 5.33. The summed E-state index contributed by atoms with van der Waals surface area (Å²) in [6.45, 7) is 15.3. The van der Waals surface area contributed by atoms with Crippen molar-refractivity contribution in [3.05, 3.63) is 144 Å². The van der Waals surface area contributed by atoms with Crippen LogP contribution in [0.25, 0.3) is 43.6 Å². The monoisotopic (exact) mass is 536 g/mol. The Morgan fingerprint density at radius 3 is 1.24 bits per heavy atom. The SMILES string of the molecule is C=CC.CC.Cc1ccc2c(c1)c1cc(C)ccc1n2Cc1ccc(Cn2c3ccccc3c3ccccc32)cc1. The molecule has 7 rings (SSSR count). The molecule has 2 heteroatoms. The van der Waals surface area contributed by atoms with Crippen LogP contribution in [0.15, 0.2) is 122 Å². The van der Waals surface area contributed by atoms with Gasteiger partial charge in [0.15, 0.2) is 0 Å². The van der Waals surface area contributed by atoms with Crippen molar-refractivity contribution in [1.29, 1.82) is 0 Å². The molecule has 0 aliphatic heterocycles. The average Bonchev–Trinajstić information content (AvgIpc) is 3.47. The van der Waals surface area contributed by atoms with Crippen LogP contribution in [0.1, 0.15) is 43.0 Å². The average molecular weight is 537 g/mol. The summed E-state index contributed by atoms with van der Waals surface area (Å²) in [5.74, 6) is 0. The van der Waals surface area contributed by atoms with Crippen molar-refractivity contribution in [1.82, 2.24) is 9.13 Å². The number of hydrogen-bond acceptors (Lipinski definition) is 0. The Balaban J connectivity index is 0.000000636. The van der Waals surface area contributed by atoms with Crippen LogP contribution in [0.2, 0.25) is 0 Å². The molecule has 5 aromatic carbocycles. The van der Waals surface area contributed by atoms with Gasteiger partial charge in [0.25, 0.3) is 0 Å². The highest BCUT2D eigenvalue weighted by atomic mass is 15.0. The van der Waals surface area contributed by atoms with Gasteiger partial charge in [-0.2, -0.15) is 0 Å². The summed E-state index contributed by atoms with van der Waals surface area (Å²) in [6.07, 6.45) is 1.75. The lowest BCUT2D eigenvalue weighted by atomic mass is 10.1. The van der Waals surface area contributed by atoms with Crippen LogP contribution in [0.3, 0.4) is 0 Å². The zero-order valence-electron chi connectivity index (χ0n) is 25.0. The van der Waals surface area contributed by atoms with Gasteiger partial charge in [-0.25, -0.2) is 0 Å². The molecule has 0 saturated heterocycles. The lowest BCUT2D eigenvalue weighted by molar-refractivity contribution is 0.852. The van der Waals surface area contributed by atoms with Crippen LogP contribution >= 0.6 is 0 Å². The molecule has 0 N–H and O–H groups in total. The van der Waals surface area contributed by atoms with E-state index in [1.165, 1.54) is 65.9 Å². The second-order valence-electron chi connectivity index (χ2n) is 10.5. The Kier molecular flexibility index (Phi) is 8.40. The Hall–Kier alpha value is -4.56. The van der Waals surface area contributed by atoms with Crippen LogP contribution in [0, 0.1) is 13.8 Å². The Labute approximate surface area is 244 Å². The van der Waals surface area contributed by atoms with E-state index in [9.17, 15) is 0 Å². The molecule has 0 aliphatic rings. The van der Waals surface area contributed by atoms with Gasteiger partial charge in [0.2, 0.25) is 0 Å². The second-order valence-corrected chi connectivity index (χ2v) is 10.5. The van der Waals surface area contributed by atoms with Crippen molar-refractivity contribution in [3.8, 4) is 0 Å². The van der Waals surface area contributed by atoms with Gasteiger partial charge in [0.1, 0.15) is 0 Å². The lowest BCUT2D eigenvalue weighted by Crippen LogP contribution is -2.02. The summed E-state index contributed by atoms with van der Waals surface area (Å²) < 4.78 is 4.91. The van der Waals surface area contributed by atoms with Crippen LogP contribution in [0.4, 0.5) is 0 Å². The maximum atomic E-state index is 3.36. The maximum absolute atomic E-state index is 3.36. The van der Waals surface area contributed by atoms with E-state index >= 15 is 0 Å². The van der Waals surface area contributed by atoms with E-state index in [0.717, 1.165) is 13.1 Å². The molecule has 0 bridgehead atoms. The number of fused-ring (bicyclic) bond motifs is 6. The quantitative estimate of drug-likeness (QED) is 0.198. The van der Waals surface area contributed by atoms with E-state index in [2.05, 4.69) is 139 Å². The first-order valence-corrected chi connectivity index (χ1v) is 14.7. The van der Waals surface area contributed by atoms with Crippen molar-refractivity contribution >= 4 is 43.6 Å². The minimum Gasteiger partial charge on any atom is -0.336 e. The first-order valence-electron chi connectivity index (χ1n) is 14.7. The van der Waals surface area contributed by atoms with Gasteiger partial charge >= 0.3 is 0 Å². The fraction of sp³-hybridized carbons (Fsp3) is 0.179. The molecule has 0 spiro atoms. The van der Waals surface area contributed by atoms with E-state index in [1.54, 1.807) is 6.08 Å². The fourth-order valence-corrected chi connectivity index (χ4v) is 5.79. The van der Waals surface area contributed by atoms with Gasteiger partial charge in [-0.3, -0.25) is 0 Å². The molecule has 206 valence electrons. The van der Waals surface area contributed by atoms with E-state index < -0.39 is 0 Å². The number of nitrogens with zero attached hydrogens (tertiary/aromatic N) is 2. The van der Waals surface area contributed by atoms with Gasteiger partial charge in [0, 0.05) is 56.7 Å². The Morgan fingerprint density at radius 2 is 0.854 bits per heavy atom. The zero-order chi connectivity index (χ0) is 28.9. The third-order valence-corrected chi connectivity index (χ3v) is 7.56. The zero-order valence-corrected chi connectivity index (χ0v) is 25.0. The highest BCUT2D eigenvalue weighted by Gasteiger charge is 2.13. The Bertz CT molecular complexity index is 1840. The van der Waals surface area contributed by atoms with E-state index in [0.29, 0.717) is 0 Å². The highest BCUT2D eigenvalue weighted by molar-refractivity contribution is 6.09. The molecule has 0 saturated carbocycles. The highest BCUT2D eigenvalue weighted by Crippen LogP contribution is 2.32. The number of allylic oxidation sites excluding steroid dienone is 1. The molecule has 2 nitrogen and oxygen atoms in total. The molecule has 7 aromatic rings. The molecule has 0 aliphatic carbocycles. The number of para-hydroxylation sites is 2. The smallest absolute Gasteiger partial charge is 0.0494 e. The third-order valence-electron chi connectivity index (χ3n) is 7.56. The van der Waals surface area contributed by atoms with Crippen LogP contribution < -0.4 is 0 Å². The first-order chi connectivity index (χ1) is 20.1. The standard InChI is InChI=1S/C34H28N2.C3H6.C2H6/c1-23-11-17-33-29(19-23)30-20-24(2)12-18-34(30)36(33)22-26-15-13-25(14-16-26)21-35-31-9-5-3-7-27(31)28-8-4-6-10-32(28)35;1-3-2;1-2/h3-20H,21-22H2,1-2H3;3H,1H2,2H3;1-2H3. The number of aryl methyl sites for hydroxylation is 2. The maximum Gasteiger partial charge on any atom is 0.0494 e. The van der Waals surface area contributed by atoms with E-state index in [-0.39, 0.29) is 0 Å². The van der Waals surface area contributed by atoms with Gasteiger partial charge in [0.05, 0.1) is 0 Å². The third kappa shape index (κ3) is 5.43. The fourth-order valence-electron chi connectivity index (χ4n) is 5.79. The summed E-state index contributed by atoms with van der Waals surface area (Å²) in [7, 11) is 0. The number of aromatic nitrogens is 2. The number of rotatable bonds is 4. The molecule has 41 heavy (non-hydrogen) atoms. The van der Waals surface area contributed by atoms with Gasteiger partial charge < -0.3 is 9.13 Å². The molecule has 0 fully saturated rings. The number of benzene rings is 5. The predicted molar refractivity (Wildman–Crippen MR) is 180 cm³/mol. The first kappa shape index (κ1) is 28.0. The Morgan fingerprint density at radius 1 is 0.512 bits per heavy atom. The van der Waals surface area contributed by atoms with Crippen molar-refractivity contribution in [3.63, 3.8) is 0 Å². The largest absolute Gasteiger partial charge is 0.336 e. The minimum atomic E-state index is 0.863. The van der Waals surface area contributed by atoms with Gasteiger partial charge in [-0.1, -0.05) is 104 Å². The topological polar surface area (TPSA) is 9.86 Å². The second kappa shape index (κ2) is 12.3. The summed E-state index contributed by atoms with van der Waals surface area (Å²) in [6, 6.07) is 40.3. The van der Waals surface area contributed by atoms with Crippen LogP contribution in [-0.4, -0.2) is 9.13 Å². The van der Waals surface area contributed by atoms with E-state index in [4.69, 9.17) is 0 Å². The molecule has 0 atom stereocenters. The molecule has 0 unspecified atom stereocenters. The molecule has 0 amide bonds. The minimum absolute atomic E-state index is 0.863. The van der Waals surface area contributed by atoms with E-state index in [1.807, 2.05) is 20.8 Å². The molecule has 2 heterocycles. The predicted octanol–water partition coefficient (Wildman–Crippen LogP) is 10.8. The van der Waals surface area contributed by atoms with Crippen molar-refractivity contribution < 1.29 is 0 Å². The summed E-state index contributed by atoms with van der Waals surface area (Å²) >= 11 is 0. The number of hydrogen-bond donors (Lipinski definition) is 0. The summed E-state index contributed by atoms with van der Waals surface area (Å²) in [5.41, 5.74) is 10.4. The van der Waals surface area contributed by atoms with Crippen LogP contribution in [-0.2, 0) is 13.1 Å². The van der Waals surface area contributed by atoms with Crippen molar-refractivity contribution in [2.75, 3.05) is 0 Å². The lowest BCUT2D eigenvalue weighted by Gasteiger charge is -2.11. The van der Waals surface area contributed by atoms with Gasteiger partial charge in [-0.05, 0) is 68.3 Å². The van der Waals surface area contributed by atoms with Crippen LogP contribution in [0.5, 0.6) is 0 Å². The molecule has 0 radical (unpaired) electrons. The van der Waals surface area contributed by atoms with Crippen molar-refractivity contribution in [2.45, 2.75) is 47.7 Å². The van der Waals surface area contributed by atoms with Gasteiger partial charge in [-0.15, -0.1) is 6.58 Å². The molecular weight excluding hydrogens is 496 g/mol. The van der Waals surface area contributed by atoms with Crippen molar-refractivity contribution in [2.24, 2.45) is 0 Å². The molecule has 2 aromatic heterocycles. The summed E-state index contributed by atoms with van der Waals surface area (Å²) in [4.78, 5) is 0.